The summed E-state index contributed by atoms with van der Waals surface area (Å²) in [4.78, 5) is 13.8. The Morgan fingerprint density at radius 3 is 2.53 bits per heavy atom. The number of hydrogen-bond donors (Lipinski definition) is 5. The van der Waals surface area contributed by atoms with Gasteiger partial charge in [0.1, 0.15) is 5.54 Å². The Hall–Kier alpha value is -0.915. The normalized spacial score (nSPS) is 19.1. The Kier molecular flexibility index (Phi) is 10.2. The zero-order valence-corrected chi connectivity index (χ0v) is 20.0. The van der Waals surface area contributed by atoms with Crippen LogP contribution < -0.4 is 10.5 Å². The van der Waals surface area contributed by atoms with Crippen LogP contribution in [0.4, 0.5) is 0 Å². The van der Waals surface area contributed by atoms with E-state index in [4.69, 9.17) is 39.0 Å². The topological polar surface area (TPSA) is 153 Å². The molecule has 0 bridgehead atoms. The van der Waals surface area contributed by atoms with Crippen molar-refractivity contribution in [2.75, 3.05) is 19.6 Å². The second-order valence-electron chi connectivity index (χ2n) is 8.27. The van der Waals surface area contributed by atoms with E-state index in [0.717, 1.165) is 0 Å². The minimum Gasteiger partial charge on any atom is -0.480 e. The van der Waals surface area contributed by atoms with Gasteiger partial charge in [0.05, 0.1) is 14.9 Å². The zero-order chi connectivity index (χ0) is 23.9. The van der Waals surface area contributed by atoms with E-state index in [1.165, 1.54) is 18.2 Å². The van der Waals surface area contributed by atoms with Crippen molar-refractivity contribution in [3.05, 3.63) is 28.2 Å². The Morgan fingerprint density at radius 1 is 1.22 bits per heavy atom. The molecule has 1 aromatic rings. The summed E-state index contributed by atoms with van der Waals surface area (Å²) in [5.41, 5.74) is 4.72. The van der Waals surface area contributed by atoms with Gasteiger partial charge in [-0.1, -0.05) is 36.0 Å². The van der Waals surface area contributed by atoms with Crippen molar-refractivity contribution in [2.45, 2.75) is 61.3 Å². The van der Waals surface area contributed by atoms with E-state index in [9.17, 15) is 18.3 Å². The molecule has 2 atom stereocenters. The Balaban J connectivity index is 1.81. The third-order valence-corrected chi connectivity index (χ3v) is 7.91. The highest BCUT2D eigenvalue weighted by Crippen LogP contribution is 2.25. The van der Waals surface area contributed by atoms with E-state index in [2.05, 4.69) is 9.62 Å². The first-order valence-corrected chi connectivity index (χ1v) is 12.7. The molecule has 0 aliphatic carbocycles. The number of hydrogen-bond acceptors (Lipinski definition) is 7. The number of nitrogens with one attached hydrogen (secondary N) is 1. The van der Waals surface area contributed by atoms with Crippen LogP contribution in [0.1, 0.15) is 38.5 Å². The molecule has 1 aromatic carbocycles. The third kappa shape index (κ3) is 8.14. The average molecular weight is 510 g/mol. The van der Waals surface area contributed by atoms with Crippen LogP contribution in [0.25, 0.3) is 0 Å². The Labute approximate surface area is 199 Å². The van der Waals surface area contributed by atoms with Crippen molar-refractivity contribution in [1.29, 1.82) is 0 Å². The highest BCUT2D eigenvalue weighted by Gasteiger charge is 2.34. The molecule has 1 heterocycles. The molecule has 9 nitrogen and oxygen atoms in total. The van der Waals surface area contributed by atoms with E-state index in [1.54, 1.807) is 0 Å². The standard InChI is InChI=1S/C19H30BCl2N3O6S/c21-16-5-4-15(12-17(16)22)32(30,31)24-14-6-11-25(13-14)10-3-8-19(23,18(26)27)7-1-2-9-20(28)29/h4-5,12,14,24,28-29H,1-3,6-11,13,23H2,(H,26,27). The molecule has 1 fully saturated rings. The monoisotopic (exact) mass is 509 g/mol. The maximum atomic E-state index is 12.6. The molecule has 0 saturated carbocycles. The van der Waals surface area contributed by atoms with E-state index >= 15 is 0 Å². The zero-order valence-electron chi connectivity index (χ0n) is 17.7. The number of sulfonamides is 1. The smallest absolute Gasteiger partial charge is 0.451 e. The summed E-state index contributed by atoms with van der Waals surface area (Å²) in [5, 5.41) is 27.7. The van der Waals surface area contributed by atoms with Crippen LogP contribution in [0.3, 0.4) is 0 Å². The van der Waals surface area contributed by atoms with Crippen LogP contribution in [0.15, 0.2) is 23.1 Å². The summed E-state index contributed by atoms with van der Waals surface area (Å²) in [7, 11) is -5.13. The van der Waals surface area contributed by atoms with Crippen LogP contribution >= 0.6 is 23.2 Å². The van der Waals surface area contributed by atoms with Gasteiger partial charge in [0, 0.05) is 12.6 Å². The summed E-state index contributed by atoms with van der Waals surface area (Å²) < 4.78 is 27.9. The number of nitrogens with zero attached hydrogens (tertiary/aromatic N) is 1. The molecule has 1 aliphatic rings. The van der Waals surface area contributed by atoms with E-state index < -0.39 is 28.6 Å². The van der Waals surface area contributed by atoms with Gasteiger partial charge in [-0.05, 0) is 63.3 Å². The number of unbranched alkanes of at least 4 members (excludes halogenated alkanes) is 1. The fourth-order valence-electron chi connectivity index (χ4n) is 3.79. The second-order valence-corrected chi connectivity index (χ2v) is 10.8. The first kappa shape index (κ1) is 27.3. The van der Waals surface area contributed by atoms with Crippen molar-refractivity contribution < 1.29 is 28.4 Å². The van der Waals surface area contributed by atoms with E-state index in [-0.39, 0.29) is 40.1 Å². The molecule has 0 aromatic heterocycles. The van der Waals surface area contributed by atoms with Gasteiger partial charge >= 0.3 is 13.1 Å². The lowest BCUT2D eigenvalue weighted by molar-refractivity contribution is -0.144. The highest BCUT2D eigenvalue weighted by atomic mass is 35.5. The van der Waals surface area contributed by atoms with Crippen LogP contribution in [-0.4, -0.2) is 72.8 Å². The predicted octanol–water partition coefficient (Wildman–Crippen LogP) is 1.55. The van der Waals surface area contributed by atoms with Gasteiger partial charge in [-0.2, -0.15) is 0 Å². The number of rotatable bonds is 13. The molecular weight excluding hydrogens is 480 g/mol. The maximum Gasteiger partial charge on any atom is 0.451 e. The summed E-state index contributed by atoms with van der Waals surface area (Å²) in [6.45, 7) is 1.81. The minimum absolute atomic E-state index is 0.0495. The first-order valence-electron chi connectivity index (χ1n) is 10.5. The number of halogens is 2. The molecule has 180 valence electrons. The quantitative estimate of drug-likeness (QED) is 0.198. The number of benzene rings is 1. The summed E-state index contributed by atoms with van der Waals surface area (Å²) >= 11 is 11.8. The lowest BCUT2D eigenvalue weighted by atomic mass is 9.81. The summed E-state index contributed by atoms with van der Waals surface area (Å²) in [6, 6.07) is 3.89. The molecule has 1 aliphatic heterocycles. The third-order valence-electron chi connectivity index (χ3n) is 5.65. The van der Waals surface area contributed by atoms with Crippen LogP contribution in [0.2, 0.25) is 16.4 Å². The molecule has 2 rings (SSSR count). The molecular formula is C19H30BCl2N3O6S. The summed E-state index contributed by atoms with van der Waals surface area (Å²) in [5.74, 6) is -1.07. The second kappa shape index (κ2) is 12.0. The fourth-order valence-corrected chi connectivity index (χ4v) is 5.44. The number of aliphatic carboxylic acids is 1. The number of nitrogens with two attached hydrogens (primary N) is 1. The highest BCUT2D eigenvalue weighted by molar-refractivity contribution is 7.89. The van der Waals surface area contributed by atoms with Crippen LogP contribution in [0.5, 0.6) is 0 Å². The van der Waals surface area contributed by atoms with Gasteiger partial charge in [-0.25, -0.2) is 13.1 Å². The Bertz CT molecular complexity index is 892. The van der Waals surface area contributed by atoms with Crippen molar-refractivity contribution in [3.8, 4) is 0 Å². The minimum atomic E-state index is -3.73. The SMILES string of the molecule is NC(CCCCB(O)O)(CCCN1CCC(NS(=O)(=O)c2ccc(Cl)c(Cl)c2)C1)C(=O)O. The Morgan fingerprint density at radius 2 is 1.91 bits per heavy atom. The van der Waals surface area contributed by atoms with Gasteiger partial charge in [0.15, 0.2) is 0 Å². The van der Waals surface area contributed by atoms with Gasteiger partial charge in [0.25, 0.3) is 0 Å². The average Bonchev–Trinajstić information content (AvgIpc) is 3.13. The molecule has 13 heteroatoms. The molecule has 1 saturated heterocycles. The first-order chi connectivity index (χ1) is 14.9. The lowest BCUT2D eigenvalue weighted by Crippen LogP contribution is -2.48. The maximum absolute atomic E-state index is 12.6. The summed E-state index contributed by atoms with van der Waals surface area (Å²) in [6.07, 6.45) is 2.87. The molecule has 0 amide bonds. The van der Waals surface area contributed by atoms with Crippen molar-refractivity contribution >= 4 is 46.3 Å². The fraction of sp³-hybridized carbons (Fsp3) is 0.632. The van der Waals surface area contributed by atoms with Gasteiger partial charge in [0.2, 0.25) is 10.0 Å². The number of carbonyl (C=O) groups is 1. The largest absolute Gasteiger partial charge is 0.480 e. The van der Waals surface area contributed by atoms with Gasteiger partial charge in [-0.3, -0.25) is 4.79 Å². The van der Waals surface area contributed by atoms with Crippen LogP contribution in [0, 0.1) is 0 Å². The molecule has 6 N–H and O–H groups in total. The number of carboxylic acid groups (broad SMARTS) is 1. The lowest BCUT2D eigenvalue weighted by Gasteiger charge is -2.26. The molecule has 0 spiro atoms. The number of likely N-dealkylation sites (tertiary alicyclic amines) is 1. The van der Waals surface area contributed by atoms with E-state index in [1.807, 2.05) is 0 Å². The number of carboxylic acids is 1. The van der Waals surface area contributed by atoms with Crippen molar-refractivity contribution in [3.63, 3.8) is 0 Å². The molecule has 32 heavy (non-hydrogen) atoms. The van der Waals surface area contributed by atoms with Crippen molar-refractivity contribution in [1.82, 2.24) is 9.62 Å². The molecule has 2 unspecified atom stereocenters. The predicted molar refractivity (Wildman–Crippen MR) is 124 cm³/mol. The van der Waals surface area contributed by atoms with Gasteiger partial charge < -0.3 is 25.8 Å². The van der Waals surface area contributed by atoms with E-state index in [0.29, 0.717) is 45.3 Å². The van der Waals surface area contributed by atoms with Gasteiger partial charge in [-0.15, -0.1) is 0 Å². The van der Waals surface area contributed by atoms with Crippen LogP contribution in [-0.2, 0) is 14.8 Å². The van der Waals surface area contributed by atoms with Crippen molar-refractivity contribution in [2.24, 2.45) is 5.73 Å². The molecule has 0 radical (unpaired) electrons.